The number of benzene rings is 2. The third-order valence-electron chi connectivity index (χ3n) is 3.51. The van der Waals surface area contributed by atoms with Crippen molar-refractivity contribution in [2.75, 3.05) is 11.1 Å². The average Bonchev–Trinajstić information content (AvgIpc) is 2.53. The summed E-state index contributed by atoms with van der Waals surface area (Å²) >= 11 is 0. The number of carbonyl (C=O) groups excluding carboxylic acids is 2. The molecule has 0 unspecified atom stereocenters. The Hall–Kier alpha value is -2.67. The van der Waals surface area contributed by atoms with Crippen molar-refractivity contribution in [3.05, 3.63) is 65.7 Å². The molecule has 2 N–H and O–H groups in total. The van der Waals surface area contributed by atoms with E-state index in [-0.39, 0.29) is 22.9 Å². The molecule has 2 amide bonds. The lowest BCUT2D eigenvalue weighted by molar-refractivity contribution is -0.113. The van der Waals surface area contributed by atoms with Crippen LogP contribution in [0.3, 0.4) is 0 Å². The molecule has 2 aromatic carbocycles. The van der Waals surface area contributed by atoms with Gasteiger partial charge in [0.1, 0.15) is 5.75 Å². The second-order valence-electron chi connectivity index (χ2n) is 7.32. The van der Waals surface area contributed by atoms with Crippen molar-refractivity contribution in [1.29, 1.82) is 0 Å². The maximum Gasteiger partial charge on any atom is 0.253 e. The molecule has 0 atom stereocenters. The van der Waals surface area contributed by atoms with Crippen LogP contribution in [0.25, 0.3) is 0 Å². The van der Waals surface area contributed by atoms with Gasteiger partial charge in [0, 0.05) is 5.54 Å². The van der Waals surface area contributed by atoms with Crippen LogP contribution in [0, 0.1) is 0 Å². The Morgan fingerprint density at radius 2 is 1.52 bits per heavy atom. The van der Waals surface area contributed by atoms with Crippen LogP contribution in [0.5, 0.6) is 0 Å². The van der Waals surface area contributed by atoms with E-state index < -0.39 is 27.0 Å². The van der Waals surface area contributed by atoms with Gasteiger partial charge in [-0.3, -0.25) is 9.59 Å². The summed E-state index contributed by atoms with van der Waals surface area (Å²) in [5, 5.41) is 5.36. The van der Waals surface area contributed by atoms with Gasteiger partial charge in [0.15, 0.2) is 9.84 Å². The lowest BCUT2D eigenvalue weighted by Gasteiger charge is -2.21. The minimum Gasteiger partial charge on any atom is -0.347 e. The fourth-order valence-electron chi connectivity index (χ4n) is 2.46. The zero-order chi connectivity index (χ0) is 20.1. The molecule has 144 valence electrons. The largest absolute Gasteiger partial charge is 0.347 e. The highest BCUT2D eigenvalue weighted by Crippen LogP contribution is 2.17. The third-order valence-corrected chi connectivity index (χ3v) is 4.99. The molecule has 0 aromatic heterocycles. The summed E-state index contributed by atoms with van der Waals surface area (Å²) in [6.07, 6.45) is 0. The molecule has 0 saturated carbocycles. The van der Waals surface area contributed by atoms with Crippen LogP contribution in [0.15, 0.2) is 54.6 Å². The minimum absolute atomic E-state index is 0.215. The summed E-state index contributed by atoms with van der Waals surface area (Å²) in [6.45, 7) is 5.55. The first-order valence-electron chi connectivity index (χ1n) is 8.51. The molecule has 7 heteroatoms. The number of hydrogen-bond acceptors (Lipinski definition) is 4. The highest BCUT2D eigenvalue weighted by molar-refractivity contribution is 7.91. The van der Waals surface area contributed by atoms with Crippen molar-refractivity contribution < 1.29 is 18.0 Å². The maximum atomic E-state index is 12.4. The smallest absolute Gasteiger partial charge is 0.253 e. The van der Waals surface area contributed by atoms with Crippen LogP contribution in [-0.2, 0) is 20.4 Å². The zero-order valence-corrected chi connectivity index (χ0v) is 16.5. The predicted octanol–water partition coefficient (Wildman–Crippen LogP) is 2.77. The molecule has 2 rings (SSSR count). The molecule has 0 aliphatic heterocycles. The van der Waals surface area contributed by atoms with Crippen LogP contribution in [-0.4, -0.2) is 31.5 Å². The minimum atomic E-state index is -3.63. The number of carbonyl (C=O) groups is 2. The molecule has 2 aromatic rings. The fraction of sp³-hybridized carbons (Fsp3) is 0.300. The summed E-state index contributed by atoms with van der Waals surface area (Å²) in [5.74, 6) is -1.89. The van der Waals surface area contributed by atoms with E-state index in [1.807, 2.05) is 20.8 Å². The van der Waals surface area contributed by atoms with E-state index >= 15 is 0 Å². The van der Waals surface area contributed by atoms with Crippen molar-refractivity contribution in [3.8, 4) is 0 Å². The van der Waals surface area contributed by atoms with Crippen molar-refractivity contribution >= 4 is 27.3 Å². The maximum absolute atomic E-state index is 12.4. The van der Waals surface area contributed by atoms with Gasteiger partial charge < -0.3 is 10.6 Å². The second-order valence-corrected chi connectivity index (χ2v) is 9.38. The molecule has 0 spiro atoms. The van der Waals surface area contributed by atoms with Crippen molar-refractivity contribution in [3.63, 3.8) is 0 Å². The van der Waals surface area contributed by atoms with E-state index in [2.05, 4.69) is 10.6 Å². The standard InChI is InChI=1S/C20H24N2O4S/c1-20(2,3)22-19(24)16-11-7-8-12-17(16)21-18(23)14-27(25,26)13-15-9-5-4-6-10-15/h4-12H,13-14H2,1-3H3,(H,21,23)(H,22,24). The summed E-state index contributed by atoms with van der Waals surface area (Å²) in [4.78, 5) is 24.7. The van der Waals surface area contributed by atoms with Crippen LogP contribution < -0.4 is 10.6 Å². The van der Waals surface area contributed by atoms with Gasteiger partial charge in [-0.2, -0.15) is 0 Å². The van der Waals surface area contributed by atoms with Crippen LogP contribution in [0.2, 0.25) is 0 Å². The molecule has 0 radical (unpaired) electrons. The van der Waals surface area contributed by atoms with E-state index in [0.29, 0.717) is 5.56 Å². The van der Waals surface area contributed by atoms with Crippen LogP contribution in [0.1, 0.15) is 36.7 Å². The molecule has 0 heterocycles. The molecule has 0 aliphatic rings. The van der Waals surface area contributed by atoms with Gasteiger partial charge in [0.25, 0.3) is 5.91 Å². The number of hydrogen-bond donors (Lipinski definition) is 2. The summed E-state index contributed by atoms with van der Waals surface area (Å²) < 4.78 is 24.5. The molecule has 0 saturated heterocycles. The van der Waals surface area contributed by atoms with E-state index in [9.17, 15) is 18.0 Å². The van der Waals surface area contributed by atoms with Gasteiger partial charge in [-0.15, -0.1) is 0 Å². The van der Waals surface area contributed by atoms with Crippen LogP contribution in [0.4, 0.5) is 5.69 Å². The Morgan fingerprint density at radius 3 is 2.15 bits per heavy atom. The monoisotopic (exact) mass is 388 g/mol. The number of rotatable bonds is 6. The van der Waals surface area contributed by atoms with Crippen molar-refractivity contribution in [1.82, 2.24) is 5.32 Å². The number of anilines is 1. The van der Waals surface area contributed by atoms with E-state index in [1.54, 1.807) is 54.6 Å². The normalized spacial score (nSPS) is 11.7. The Morgan fingerprint density at radius 1 is 0.926 bits per heavy atom. The molecular weight excluding hydrogens is 364 g/mol. The van der Waals surface area contributed by atoms with Gasteiger partial charge in [-0.25, -0.2) is 8.42 Å². The van der Waals surface area contributed by atoms with E-state index in [1.165, 1.54) is 0 Å². The van der Waals surface area contributed by atoms with Crippen LogP contribution >= 0.6 is 0 Å². The second kappa shape index (κ2) is 8.35. The highest BCUT2D eigenvalue weighted by atomic mass is 32.2. The lowest BCUT2D eigenvalue weighted by Crippen LogP contribution is -2.41. The molecule has 6 nitrogen and oxygen atoms in total. The zero-order valence-electron chi connectivity index (χ0n) is 15.7. The summed E-state index contributed by atoms with van der Waals surface area (Å²) in [6, 6.07) is 15.2. The van der Waals surface area contributed by atoms with E-state index in [0.717, 1.165) is 0 Å². The first kappa shape index (κ1) is 20.6. The number of nitrogens with one attached hydrogen (secondary N) is 2. The summed E-state index contributed by atoms with van der Waals surface area (Å²) in [7, 11) is -3.63. The Kier molecular flexibility index (Phi) is 6.38. The number of amides is 2. The van der Waals surface area contributed by atoms with E-state index in [4.69, 9.17) is 0 Å². The molecule has 27 heavy (non-hydrogen) atoms. The molecule has 0 bridgehead atoms. The van der Waals surface area contributed by atoms with Gasteiger partial charge in [-0.1, -0.05) is 42.5 Å². The van der Waals surface area contributed by atoms with Gasteiger partial charge in [-0.05, 0) is 38.5 Å². The fourth-order valence-corrected chi connectivity index (χ4v) is 3.74. The van der Waals surface area contributed by atoms with Crippen molar-refractivity contribution in [2.45, 2.75) is 32.1 Å². The predicted molar refractivity (Wildman–Crippen MR) is 106 cm³/mol. The number of para-hydroxylation sites is 1. The first-order chi connectivity index (χ1) is 12.6. The molecular formula is C20H24N2O4S. The Labute approximate surface area is 159 Å². The topological polar surface area (TPSA) is 92.3 Å². The average molecular weight is 388 g/mol. The van der Waals surface area contributed by atoms with Gasteiger partial charge in [0.05, 0.1) is 17.0 Å². The molecule has 0 fully saturated rings. The lowest BCUT2D eigenvalue weighted by atomic mass is 10.1. The third kappa shape index (κ3) is 6.86. The SMILES string of the molecule is CC(C)(C)NC(=O)c1ccccc1NC(=O)CS(=O)(=O)Cc1ccccc1. The number of sulfone groups is 1. The van der Waals surface area contributed by atoms with Crippen molar-refractivity contribution in [2.24, 2.45) is 0 Å². The Bertz CT molecular complexity index is 916. The van der Waals surface area contributed by atoms with Gasteiger partial charge >= 0.3 is 0 Å². The Balaban J connectivity index is 2.09. The highest BCUT2D eigenvalue weighted by Gasteiger charge is 2.21. The summed E-state index contributed by atoms with van der Waals surface area (Å²) in [5.41, 5.74) is 0.739. The van der Waals surface area contributed by atoms with Gasteiger partial charge in [0.2, 0.25) is 5.91 Å². The quantitative estimate of drug-likeness (QED) is 0.796. The first-order valence-corrected chi connectivity index (χ1v) is 10.3. The molecule has 0 aliphatic carbocycles.